The molecule has 0 N–H and O–H groups in total. The minimum Gasteiger partial charge on any atom is -0.316 e. The van der Waals surface area contributed by atoms with E-state index in [0.29, 0.717) is 17.2 Å². The van der Waals surface area contributed by atoms with Gasteiger partial charge in [0.1, 0.15) is 0 Å². The van der Waals surface area contributed by atoms with Gasteiger partial charge in [0.15, 0.2) is 0 Å². The van der Waals surface area contributed by atoms with Crippen LogP contribution in [0.1, 0.15) is 6.92 Å². The van der Waals surface area contributed by atoms with E-state index in [-0.39, 0.29) is 18.9 Å². The molecule has 0 bridgehead atoms. The van der Waals surface area contributed by atoms with Crippen LogP contribution < -0.4 is 18.9 Å². The van der Waals surface area contributed by atoms with Crippen molar-refractivity contribution in [2.45, 2.75) is 28.0 Å². The Bertz CT molecular complexity index is 578. The van der Waals surface area contributed by atoms with E-state index >= 15 is 0 Å². The van der Waals surface area contributed by atoms with Crippen molar-refractivity contribution < 1.29 is 18.9 Å². The number of hydrogen-bond donors (Lipinski definition) is 0. The molecule has 2 aromatic rings. The van der Waals surface area contributed by atoms with E-state index < -0.39 is 0 Å². The van der Waals surface area contributed by atoms with Crippen LogP contribution in [0.4, 0.5) is 0 Å². The molecule has 3 rings (SSSR count). The fourth-order valence-electron chi connectivity index (χ4n) is 2.84. The van der Waals surface area contributed by atoms with Crippen molar-refractivity contribution in [2.75, 3.05) is 13.6 Å². The predicted molar refractivity (Wildman–Crippen MR) is 98.3 cm³/mol. The summed E-state index contributed by atoms with van der Waals surface area (Å²) in [6.45, 7) is 3.49. The first-order valence-electron chi connectivity index (χ1n) is 7.71. The SMILES string of the molecule is CC1C(Sc2ccccc2)C([CH-]Sc2ccccc2)CN1C.[Li+]. The van der Waals surface area contributed by atoms with E-state index in [0.717, 1.165) is 6.54 Å². The summed E-state index contributed by atoms with van der Waals surface area (Å²) in [6.07, 6.45) is 0. The van der Waals surface area contributed by atoms with Gasteiger partial charge >= 0.3 is 18.9 Å². The quantitative estimate of drug-likeness (QED) is 0.468. The van der Waals surface area contributed by atoms with Gasteiger partial charge in [-0.1, -0.05) is 48.5 Å². The molecule has 0 radical (unpaired) electrons. The molecule has 1 nitrogen and oxygen atoms in total. The molecule has 0 spiro atoms. The average molecular weight is 335 g/mol. The molecule has 3 atom stereocenters. The molecule has 1 heterocycles. The third-order valence-corrected chi connectivity index (χ3v) is 6.82. The van der Waals surface area contributed by atoms with Gasteiger partial charge in [-0.25, -0.2) is 0 Å². The van der Waals surface area contributed by atoms with Gasteiger partial charge in [-0.05, 0) is 37.5 Å². The van der Waals surface area contributed by atoms with Gasteiger partial charge in [-0.2, -0.15) is 0 Å². The summed E-state index contributed by atoms with van der Waals surface area (Å²) in [7, 11) is 2.24. The zero-order valence-electron chi connectivity index (χ0n) is 14.1. The van der Waals surface area contributed by atoms with Gasteiger partial charge in [-0.15, -0.1) is 17.7 Å². The molecule has 1 aliphatic heterocycles. The maximum Gasteiger partial charge on any atom is 1.00 e. The molecule has 1 saturated heterocycles. The third-order valence-electron chi connectivity index (χ3n) is 4.23. The van der Waals surface area contributed by atoms with Gasteiger partial charge in [0.25, 0.3) is 0 Å². The molecule has 1 aliphatic rings. The summed E-state index contributed by atoms with van der Waals surface area (Å²) in [5.41, 5.74) is 0. The molecule has 3 unspecified atom stereocenters. The fourth-order valence-corrected chi connectivity index (χ4v) is 5.21. The van der Waals surface area contributed by atoms with E-state index in [1.165, 1.54) is 9.79 Å². The van der Waals surface area contributed by atoms with Crippen molar-refractivity contribution in [2.24, 2.45) is 5.92 Å². The van der Waals surface area contributed by atoms with Crippen LogP contribution in [-0.4, -0.2) is 29.8 Å². The van der Waals surface area contributed by atoms with E-state index in [9.17, 15) is 0 Å². The van der Waals surface area contributed by atoms with Gasteiger partial charge in [0, 0.05) is 16.2 Å². The summed E-state index contributed by atoms with van der Waals surface area (Å²) >= 11 is 3.89. The average Bonchev–Trinajstić information content (AvgIpc) is 2.83. The predicted octanol–water partition coefficient (Wildman–Crippen LogP) is 2.06. The van der Waals surface area contributed by atoms with Crippen LogP contribution in [-0.2, 0) is 0 Å². The molecule has 2 aromatic carbocycles. The Morgan fingerprint density at radius 1 is 0.957 bits per heavy atom. The first-order chi connectivity index (χ1) is 10.7. The van der Waals surface area contributed by atoms with E-state index in [2.05, 4.69) is 85.3 Å². The van der Waals surface area contributed by atoms with Crippen molar-refractivity contribution >= 4 is 23.5 Å². The van der Waals surface area contributed by atoms with Crippen molar-refractivity contribution in [1.82, 2.24) is 4.90 Å². The maximum absolute atomic E-state index is 2.48. The number of thioether (sulfide) groups is 2. The first kappa shape index (κ1) is 19.0. The van der Waals surface area contributed by atoms with Crippen LogP contribution in [0, 0.1) is 11.7 Å². The Labute approximate surface area is 160 Å². The third kappa shape index (κ3) is 5.08. The van der Waals surface area contributed by atoms with Crippen LogP contribution in [0.15, 0.2) is 70.5 Å². The zero-order valence-corrected chi connectivity index (χ0v) is 15.7. The topological polar surface area (TPSA) is 3.24 Å². The zero-order chi connectivity index (χ0) is 15.4. The fraction of sp³-hybridized carbons (Fsp3) is 0.316. The number of nitrogens with zero attached hydrogens (tertiary/aromatic N) is 1. The normalized spacial score (nSPS) is 24.3. The molecular weight excluding hydrogens is 313 g/mol. The number of likely N-dealkylation sites (tertiary alicyclic amines) is 1. The molecule has 0 aliphatic carbocycles. The Morgan fingerprint density at radius 2 is 1.52 bits per heavy atom. The molecule has 0 amide bonds. The largest absolute Gasteiger partial charge is 1.00 e. The molecule has 0 saturated carbocycles. The van der Waals surface area contributed by atoms with E-state index in [4.69, 9.17) is 0 Å². The molecule has 116 valence electrons. The molecular formula is C19H22LiNS2. The van der Waals surface area contributed by atoms with Crippen molar-refractivity contribution in [3.05, 3.63) is 66.4 Å². The second kappa shape index (κ2) is 9.25. The van der Waals surface area contributed by atoms with Crippen LogP contribution in [0.2, 0.25) is 0 Å². The minimum absolute atomic E-state index is 0. The Hall–Kier alpha value is -0.303. The number of rotatable bonds is 5. The van der Waals surface area contributed by atoms with Crippen molar-refractivity contribution in [3.63, 3.8) is 0 Å². The van der Waals surface area contributed by atoms with Gasteiger partial charge in [0.05, 0.1) is 0 Å². The van der Waals surface area contributed by atoms with E-state index in [1.54, 1.807) is 0 Å². The number of benzene rings is 2. The van der Waals surface area contributed by atoms with Crippen LogP contribution in [0.5, 0.6) is 0 Å². The van der Waals surface area contributed by atoms with E-state index in [1.807, 2.05) is 23.5 Å². The maximum atomic E-state index is 2.48. The smallest absolute Gasteiger partial charge is 0.316 e. The second-order valence-electron chi connectivity index (χ2n) is 5.81. The van der Waals surface area contributed by atoms with Crippen LogP contribution in [0.3, 0.4) is 0 Å². The molecule has 0 aromatic heterocycles. The minimum atomic E-state index is 0. The van der Waals surface area contributed by atoms with Gasteiger partial charge in [-0.3, -0.25) is 5.75 Å². The van der Waals surface area contributed by atoms with Gasteiger partial charge in [0.2, 0.25) is 0 Å². The summed E-state index contributed by atoms with van der Waals surface area (Å²) in [6, 6.07) is 22.0. The summed E-state index contributed by atoms with van der Waals surface area (Å²) < 4.78 is 0. The Kier molecular flexibility index (Phi) is 7.65. The molecule has 4 heteroatoms. The van der Waals surface area contributed by atoms with Crippen molar-refractivity contribution in [3.8, 4) is 0 Å². The Balaban J connectivity index is 0.00000192. The first-order valence-corrected chi connectivity index (χ1v) is 9.47. The Morgan fingerprint density at radius 3 is 2.13 bits per heavy atom. The standard InChI is InChI=1S/C19H22NS2.Li/c1-15-19(22-18-11-7-4-8-12-18)16(13-20(15)2)14-21-17-9-5-3-6-10-17;/h3-12,14-16,19H,13H2,1-2H3;/q-1;+1. The summed E-state index contributed by atoms with van der Waals surface area (Å²) in [5.74, 6) is 3.05. The number of hydrogen-bond acceptors (Lipinski definition) is 3. The molecule has 1 fully saturated rings. The van der Waals surface area contributed by atoms with Gasteiger partial charge < -0.3 is 16.7 Å². The molecule has 23 heavy (non-hydrogen) atoms. The van der Waals surface area contributed by atoms with Crippen LogP contribution >= 0.6 is 23.5 Å². The second-order valence-corrected chi connectivity index (χ2v) is 8.04. The van der Waals surface area contributed by atoms with Crippen molar-refractivity contribution in [1.29, 1.82) is 0 Å². The monoisotopic (exact) mass is 335 g/mol. The van der Waals surface area contributed by atoms with Crippen LogP contribution in [0.25, 0.3) is 0 Å². The summed E-state index contributed by atoms with van der Waals surface area (Å²) in [5, 5.41) is 0.614. The summed E-state index contributed by atoms with van der Waals surface area (Å²) in [4.78, 5) is 5.18.